The molecule has 9 heteroatoms. The van der Waals surface area contributed by atoms with Crippen LogP contribution in [0.5, 0.6) is 5.75 Å². The van der Waals surface area contributed by atoms with Gasteiger partial charge < -0.3 is 14.5 Å². The van der Waals surface area contributed by atoms with Gasteiger partial charge in [0.2, 0.25) is 0 Å². The number of halogens is 1. The molecule has 7 nitrogen and oxygen atoms in total. The third-order valence-electron chi connectivity index (χ3n) is 6.15. The highest BCUT2D eigenvalue weighted by Crippen LogP contribution is 2.37. The molecule has 2 aromatic carbocycles. The fraction of sp³-hybridized carbons (Fsp3) is 0.375. The maximum absolute atomic E-state index is 13.9. The van der Waals surface area contributed by atoms with E-state index in [1.54, 1.807) is 47.4 Å². The number of nitrogens with zero attached hydrogens (tertiary/aromatic N) is 3. The first-order valence-electron chi connectivity index (χ1n) is 10.9. The summed E-state index contributed by atoms with van der Waals surface area (Å²) in [6.45, 7) is 6.51. The second-order valence-electron chi connectivity index (χ2n) is 8.63. The van der Waals surface area contributed by atoms with Crippen molar-refractivity contribution >= 4 is 38.4 Å². The maximum atomic E-state index is 13.9. The van der Waals surface area contributed by atoms with Crippen LogP contribution in [0.3, 0.4) is 0 Å². The van der Waals surface area contributed by atoms with Crippen LogP contribution in [0.4, 0.5) is 0 Å². The van der Waals surface area contributed by atoms with E-state index in [0.717, 1.165) is 9.54 Å². The first kappa shape index (κ1) is 23.6. The molecule has 0 atom stereocenters. The molecule has 0 bridgehead atoms. The Balaban J connectivity index is 1.92. The Morgan fingerprint density at radius 1 is 1.03 bits per heavy atom. The minimum atomic E-state index is -4.10. The monoisotopic (exact) mass is 489 g/mol. The lowest BCUT2D eigenvalue weighted by Gasteiger charge is -2.32. The molecule has 3 aromatic rings. The van der Waals surface area contributed by atoms with E-state index in [9.17, 15) is 13.2 Å². The lowest BCUT2D eigenvalue weighted by Crippen LogP contribution is -2.47. The molecule has 2 heterocycles. The quantitative estimate of drug-likeness (QED) is 0.540. The van der Waals surface area contributed by atoms with Gasteiger partial charge in [0.05, 0.1) is 22.5 Å². The van der Waals surface area contributed by atoms with Crippen molar-refractivity contribution in [3.05, 3.63) is 58.7 Å². The number of rotatable bonds is 5. The Kier molecular flexibility index (Phi) is 6.44. The molecule has 1 saturated heterocycles. The van der Waals surface area contributed by atoms with Crippen LogP contribution >= 0.6 is 11.6 Å². The molecule has 176 valence electrons. The van der Waals surface area contributed by atoms with E-state index in [2.05, 4.69) is 4.90 Å². The Morgan fingerprint density at radius 3 is 2.24 bits per heavy atom. The SMILES string of the molecule is COc1ccc2c(c1)c(Cl)c(C(=O)N1CCN(C)CC1)n2S(=O)(=O)c1ccc(C(C)C)cc1. The highest BCUT2D eigenvalue weighted by atomic mass is 35.5. The Hall–Kier alpha value is -2.55. The molecule has 0 N–H and O–H groups in total. The number of hydrogen-bond acceptors (Lipinski definition) is 5. The Morgan fingerprint density at radius 2 is 1.67 bits per heavy atom. The second kappa shape index (κ2) is 9.00. The number of piperazine rings is 1. The van der Waals surface area contributed by atoms with Gasteiger partial charge in [-0.3, -0.25) is 4.79 Å². The summed E-state index contributed by atoms with van der Waals surface area (Å²) in [5.74, 6) is 0.398. The first-order chi connectivity index (χ1) is 15.6. The topological polar surface area (TPSA) is 71.8 Å². The van der Waals surface area contributed by atoms with Crippen LogP contribution in [-0.4, -0.2) is 68.4 Å². The molecule has 4 rings (SSSR count). The molecular formula is C24H28ClN3O4S. The van der Waals surface area contributed by atoms with Crippen molar-refractivity contribution in [2.24, 2.45) is 0 Å². The molecular weight excluding hydrogens is 462 g/mol. The van der Waals surface area contributed by atoms with Crippen molar-refractivity contribution in [3.8, 4) is 5.75 Å². The van der Waals surface area contributed by atoms with E-state index in [0.29, 0.717) is 42.8 Å². The van der Waals surface area contributed by atoms with Gasteiger partial charge in [0.15, 0.2) is 0 Å². The zero-order valence-electron chi connectivity index (χ0n) is 19.2. The summed E-state index contributed by atoms with van der Waals surface area (Å²) in [4.78, 5) is 17.5. The highest BCUT2D eigenvalue weighted by molar-refractivity contribution is 7.90. The summed E-state index contributed by atoms with van der Waals surface area (Å²) >= 11 is 6.70. The highest BCUT2D eigenvalue weighted by Gasteiger charge is 2.33. The van der Waals surface area contributed by atoms with Crippen LogP contribution in [0, 0.1) is 0 Å². The first-order valence-corrected chi connectivity index (χ1v) is 12.7. The summed E-state index contributed by atoms with van der Waals surface area (Å²) < 4.78 is 34.1. The molecule has 0 aliphatic carbocycles. The third kappa shape index (κ3) is 4.23. The lowest BCUT2D eigenvalue weighted by molar-refractivity contribution is 0.0657. The van der Waals surface area contributed by atoms with Crippen LogP contribution in [0.1, 0.15) is 35.8 Å². The van der Waals surface area contributed by atoms with Gasteiger partial charge in [0.25, 0.3) is 15.9 Å². The lowest BCUT2D eigenvalue weighted by atomic mass is 10.0. The van der Waals surface area contributed by atoms with E-state index in [1.165, 1.54) is 7.11 Å². The summed E-state index contributed by atoms with van der Waals surface area (Å²) in [7, 11) is -0.586. The normalized spacial score (nSPS) is 15.4. The molecule has 1 aliphatic rings. The fourth-order valence-corrected chi connectivity index (χ4v) is 5.94. The van der Waals surface area contributed by atoms with Crippen molar-refractivity contribution in [2.45, 2.75) is 24.7 Å². The number of likely N-dealkylation sites (N-methyl/N-ethyl adjacent to an activating group) is 1. The van der Waals surface area contributed by atoms with Gasteiger partial charge in [-0.15, -0.1) is 0 Å². The number of ether oxygens (including phenoxy) is 1. The summed E-state index contributed by atoms with van der Waals surface area (Å²) in [6.07, 6.45) is 0. The van der Waals surface area contributed by atoms with Crippen LogP contribution in [0.2, 0.25) is 5.02 Å². The van der Waals surface area contributed by atoms with Gasteiger partial charge in [0.1, 0.15) is 11.4 Å². The number of fused-ring (bicyclic) bond motifs is 1. The molecule has 0 radical (unpaired) electrons. The Bertz CT molecular complexity index is 1290. The second-order valence-corrected chi connectivity index (χ2v) is 10.8. The summed E-state index contributed by atoms with van der Waals surface area (Å²) in [5, 5.41) is 0.561. The molecule has 1 aliphatic heterocycles. The molecule has 0 saturated carbocycles. The van der Waals surface area contributed by atoms with Crippen molar-refractivity contribution in [3.63, 3.8) is 0 Å². The standard InChI is InChI=1S/C24H28ClN3O4S/c1-16(2)17-5-8-19(9-6-17)33(30,31)28-21-10-7-18(32-4)15-20(21)22(25)23(28)24(29)27-13-11-26(3)12-14-27/h5-10,15-16H,11-14H2,1-4H3. The number of carbonyl (C=O) groups is 1. The predicted octanol–water partition coefficient (Wildman–Crippen LogP) is 4.05. The maximum Gasteiger partial charge on any atom is 0.273 e. The number of benzene rings is 2. The van der Waals surface area contributed by atoms with E-state index in [1.807, 2.05) is 20.9 Å². The van der Waals surface area contributed by atoms with Gasteiger partial charge in [-0.05, 0) is 48.9 Å². The molecule has 1 aromatic heterocycles. The number of carbonyl (C=O) groups excluding carboxylic acids is 1. The van der Waals surface area contributed by atoms with Crippen molar-refractivity contribution in [2.75, 3.05) is 40.3 Å². The number of aromatic nitrogens is 1. The Labute approximate surface area is 199 Å². The smallest absolute Gasteiger partial charge is 0.273 e. The third-order valence-corrected chi connectivity index (χ3v) is 8.26. The summed E-state index contributed by atoms with van der Waals surface area (Å²) in [5.41, 5.74) is 1.33. The van der Waals surface area contributed by atoms with Crippen LogP contribution in [-0.2, 0) is 10.0 Å². The van der Waals surface area contributed by atoms with Gasteiger partial charge in [-0.25, -0.2) is 12.4 Å². The zero-order chi connectivity index (χ0) is 23.9. The fourth-order valence-electron chi connectivity index (χ4n) is 4.05. The number of methoxy groups -OCH3 is 1. The molecule has 33 heavy (non-hydrogen) atoms. The average Bonchev–Trinajstić information content (AvgIpc) is 3.11. The van der Waals surface area contributed by atoms with Gasteiger partial charge in [0, 0.05) is 31.6 Å². The zero-order valence-corrected chi connectivity index (χ0v) is 20.8. The van der Waals surface area contributed by atoms with Crippen LogP contribution in [0.25, 0.3) is 10.9 Å². The largest absolute Gasteiger partial charge is 0.497 e. The minimum absolute atomic E-state index is 0.0441. The molecule has 1 fully saturated rings. The van der Waals surface area contributed by atoms with E-state index >= 15 is 0 Å². The number of hydrogen-bond donors (Lipinski definition) is 0. The minimum Gasteiger partial charge on any atom is -0.497 e. The molecule has 0 spiro atoms. The van der Waals surface area contributed by atoms with Crippen LogP contribution in [0.15, 0.2) is 47.4 Å². The van der Waals surface area contributed by atoms with Gasteiger partial charge in [-0.1, -0.05) is 37.6 Å². The van der Waals surface area contributed by atoms with Crippen molar-refractivity contribution in [1.82, 2.24) is 13.8 Å². The van der Waals surface area contributed by atoms with E-state index < -0.39 is 15.9 Å². The average molecular weight is 490 g/mol. The van der Waals surface area contributed by atoms with Crippen molar-refractivity contribution < 1.29 is 17.9 Å². The predicted molar refractivity (Wildman–Crippen MR) is 130 cm³/mol. The molecule has 0 unspecified atom stereocenters. The van der Waals surface area contributed by atoms with Gasteiger partial charge in [-0.2, -0.15) is 0 Å². The number of amides is 1. The van der Waals surface area contributed by atoms with E-state index in [-0.39, 0.29) is 21.5 Å². The summed E-state index contributed by atoms with van der Waals surface area (Å²) in [6, 6.07) is 11.7. The van der Waals surface area contributed by atoms with E-state index in [4.69, 9.17) is 16.3 Å². The van der Waals surface area contributed by atoms with Gasteiger partial charge >= 0.3 is 0 Å². The van der Waals surface area contributed by atoms with Crippen molar-refractivity contribution in [1.29, 1.82) is 0 Å². The van der Waals surface area contributed by atoms with Crippen LogP contribution < -0.4 is 4.74 Å². The molecule has 1 amide bonds.